The number of carbonyl (C=O) groups is 2. The largest absolute Gasteiger partial charge is 0.465 e. The quantitative estimate of drug-likeness (QED) is 0.403. The summed E-state index contributed by atoms with van der Waals surface area (Å²) in [6, 6.07) is 17.6. The third kappa shape index (κ3) is 3.68. The molecule has 0 spiro atoms. The van der Waals surface area contributed by atoms with Crippen LogP contribution in [0.25, 0.3) is 21.5 Å². The zero-order chi connectivity index (χ0) is 22.9. The fraction of sp³-hybridized carbons (Fsp3) is 0.231. The molecule has 0 saturated heterocycles. The Kier molecular flexibility index (Phi) is 5.64. The molecule has 0 amide bonds. The van der Waals surface area contributed by atoms with E-state index in [2.05, 4.69) is 9.98 Å². The number of aromatic nitrogens is 2. The van der Waals surface area contributed by atoms with Gasteiger partial charge in [-0.3, -0.25) is 19.1 Å². The van der Waals surface area contributed by atoms with Crippen LogP contribution in [0.15, 0.2) is 59.6 Å². The maximum absolute atomic E-state index is 14.0. The number of rotatable bonds is 4. The zero-order valence-electron chi connectivity index (χ0n) is 18.4. The predicted octanol–water partition coefficient (Wildman–Crippen LogP) is 5.04. The molecule has 0 saturated carbocycles. The third-order valence-electron chi connectivity index (χ3n) is 5.82. The number of para-hydroxylation sites is 1. The molecule has 2 aromatic heterocycles. The molecule has 1 atom stereocenters. The third-order valence-corrected chi connectivity index (χ3v) is 7.01. The van der Waals surface area contributed by atoms with Crippen molar-refractivity contribution < 1.29 is 14.3 Å². The standard InChI is InChI=1S/C26H23N3O3S/c1-3-32-26(31)20-15-27-14-13-19-18-11-7-8-12-21(18)29(22(19)20)25(30)23-16(2)28-24(33-23)17-9-5-4-6-10-17/h4-12,15,20H,3,13-14H2,1-2H3. The molecule has 1 aliphatic rings. The molecule has 4 aromatic rings. The number of aryl methyl sites for hydroxylation is 1. The number of hydrogen-bond acceptors (Lipinski definition) is 6. The Morgan fingerprint density at radius 2 is 1.88 bits per heavy atom. The van der Waals surface area contributed by atoms with Crippen molar-refractivity contribution in [3.8, 4) is 10.6 Å². The number of esters is 1. The minimum Gasteiger partial charge on any atom is -0.465 e. The number of nitrogens with zero attached hydrogens (tertiary/aromatic N) is 3. The topological polar surface area (TPSA) is 73.5 Å². The second-order valence-electron chi connectivity index (χ2n) is 7.86. The van der Waals surface area contributed by atoms with Crippen molar-refractivity contribution in [3.05, 3.63) is 76.4 Å². The highest BCUT2D eigenvalue weighted by atomic mass is 32.1. The summed E-state index contributed by atoms with van der Waals surface area (Å²) in [5.41, 5.74) is 4.05. The van der Waals surface area contributed by atoms with Crippen LogP contribution < -0.4 is 0 Å². The van der Waals surface area contributed by atoms with Gasteiger partial charge >= 0.3 is 5.97 Å². The first-order valence-corrected chi connectivity index (χ1v) is 11.8. The van der Waals surface area contributed by atoms with E-state index in [1.807, 2.05) is 61.5 Å². The molecule has 7 heteroatoms. The molecule has 5 rings (SSSR count). The van der Waals surface area contributed by atoms with Gasteiger partial charge in [0.2, 0.25) is 0 Å². The van der Waals surface area contributed by atoms with Crippen LogP contribution in [-0.4, -0.2) is 40.8 Å². The molecular formula is C26H23N3O3S. The summed E-state index contributed by atoms with van der Waals surface area (Å²) in [7, 11) is 0. The monoisotopic (exact) mass is 457 g/mol. The van der Waals surface area contributed by atoms with Gasteiger partial charge in [-0.25, -0.2) is 4.98 Å². The first kappa shape index (κ1) is 21.3. The Bertz CT molecular complexity index is 1380. The maximum Gasteiger partial charge on any atom is 0.320 e. The van der Waals surface area contributed by atoms with E-state index in [-0.39, 0.29) is 12.5 Å². The fourth-order valence-electron chi connectivity index (χ4n) is 4.37. The summed E-state index contributed by atoms with van der Waals surface area (Å²) in [6.07, 6.45) is 2.28. The average molecular weight is 458 g/mol. The van der Waals surface area contributed by atoms with E-state index in [0.29, 0.717) is 29.2 Å². The van der Waals surface area contributed by atoms with Gasteiger partial charge in [0, 0.05) is 29.4 Å². The Labute approximate surface area is 195 Å². The molecule has 3 heterocycles. The molecule has 1 unspecified atom stereocenters. The second kappa shape index (κ2) is 8.75. The van der Waals surface area contributed by atoms with Gasteiger partial charge in [-0.15, -0.1) is 11.3 Å². The number of fused-ring (bicyclic) bond motifs is 3. The number of carbonyl (C=O) groups excluding carboxylic acids is 2. The highest BCUT2D eigenvalue weighted by Crippen LogP contribution is 2.36. The predicted molar refractivity (Wildman–Crippen MR) is 130 cm³/mol. The molecule has 0 radical (unpaired) electrons. The molecule has 0 fully saturated rings. The van der Waals surface area contributed by atoms with Gasteiger partial charge in [-0.05, 0) is 31.9 Å². The number of thiazole rings is 1. The van der Waals surface area contributed by atoms with Crippen LogP contribution in [0.2, 0.25) is 0 Å². The van der Waals surface area contributed by atoms with Crippen LogP contribution in [0.3, 0.4) is 0 Å². The first-order chi connectivity index (χ1) is 16.1. The summed E-state index contributed by atoms with van der Waals surface area (Å²) >= 11 is 1.37. The fourth-order valence-corrected chi connectivity index (χ4v) is 5.37. The van der Waals surface area contributed by atoms with Gasteiger partial charge in [0.15, 0.2) is 0 Å². The second-order valence-corrected chi connectivity index (χ2v) is 8.86. The van der Waals surface area contributed by atoms with Crippen LogP contribution in [0.5, 0.6) is 0 Å². The summed E-state index contributed by atoms with van der Waals surface area (Å²) in [5, 5.41) is 1.76. The smallest absolute Gasteiger partial charge is 0.320 e. The van der Waals surface area contributed by atoms with E-state index in [1.54, 1.807) is 17.7 Å². The maximum atomic E-state index is 14.0. The van der Waals surface area contributed by atoms with E-state index in [4.69, 9.17) is 4.74 Å². The minimum absolute atomic E-state index is 0.186. The van der Waals surface area contributed by atoms with E-state index in [1.165, 1.54) is 11.3 Å². The molecule has 1 aliphatic heterocycles. The van der Waals surface area contributed by atoms with E-state index < -0.39 is 11.9 Å². The lowest BCUT2D eigenvalue weighted by atomic mass is 10.00. The van der Waals surface area contributed by atoms with Gasteiger partial charge in [0.05, 0.1) is 17.8 Å². The first-order valence-electron chi connectivity index (χ1n) is 11.0. The zero-order valence-corrected chi connectivity index (χ0v) is 19.3. The molecule has 166 valence electrons. The van der Waals surface area contributed by atoms with Crippen molar-refractivity contribution in [2.24, 2.45) is 4.99 Å². The Morgan fingerprint density at radius 3 is 2.67 bits per heavy atom. The Hall–Kier alpha value is -3.58. The van der Waals surface area contributed by atoms with Gasteiger partial charge in [0.1, 0.15) is 15.8 Å². The van der Waals surface area contributed by atoms with E-state index in [0.717, 1.165) is 27.0 Å². The number of benzene rings is 2. The van der Waals surface area contributed by atoms with Crippen LogP contribution in [0.1, 0.15) is 39.5 Å². The molecule has 6 nitrogen and oxygen atoms in total. The number of ether oxygens (including phenoxy) is 1. The van der Waals surface area contributed by atoms with Gasteiger partial charge in [0.25, 0.3) is 5.91 Å². The van der Waals surface area contributed by atoms with Crippen LogP contribution in [0, 0.1) is 6.92 Å². The highest BCUT2D eigenvalue weighted by molar-refractivity contribution is 7.17. The molecule has 0 bridgehead atoms. The molecule has 0 aliphatic carbocycles. The van der Waals surface area contributed by atoms with Gasteiger partial charge in [-0.2, -0.15) is 0 Å². The van der Waals surface area contributed by atoms with Crippen molar-refractivity contribution in [2.45, 2.75) is 26.2 Å². The van der Waals surface area contributed by atoms with E-state index >= 15 is 0 Å². The van der Waals surface area contributed by atoms with Crippen molar-refractivity contribution in [1.82, 2.24) is 9.55 Å². The van der Waals surface area contributed by atoms with E-state index in [9.17, 15) is 9.59 Å². The van der Waals surface area contributed by atoms with Crippen molar-refractivity contribution in [2.75, 3.05) is 13.2 Å². The van der Waals surface area contributed by atoms with Gasteiger partial charge in [-0.1, -0.05) is 48.5 Å². The van der Waals surface area contributed by atoms with Crippen LogP contribution >= 0.6 is 11.3 Å². The number of hydrogen-bond donors (Lipinski definition) is 0. The SMILES string of the molecule is CCOC(=O)C1C=NCCc2c1n(C(=O)c1sc(-c3ccccc3)nc1C)c1ccccc21. The molecule has 0 N–H and O–H groups in total. The normalized spacial score (nSPS) is 15.3. The van der Waals surface area contributed by atoms with Crippen molar-refractivity contribution >= 4 is 40.3 Å². The minimum atomic E-state index is -0.736. The van der Waals surface area contributed by atoms with Crippen LogP contribution in [0.4, 0.5) is 0 Å². The summed E-state index contributed by atoms with van der Waals surface area (Å²) in [6.45, 7) is 4.45. The summed E-state index contributed by atoms with van der Waals surface area (Å²) < 4.78 is 7.03. The van der Waals surface area contributed by atoms with Crippen molar-refractivity contribution in [3.63, 3.8) is 0 Å². The summed E-state index contributed by atoms with van der Waals surface area (Å²) in [4.78, 5) is 36.6. The Balaban J connectivity index is 1.71. The Morgan fingerprint density at radius 1 is 1.12 bits per heavy atom. The average Bonchev–Trinajstić information content (AvgIpc) is 3.29. The molecular weight excluding hydrogens is 434 g/mol. The number of aliphatic imine (C=N–C) groups is 1. The lowest BCUT2D eigenvalue weighted by molar-refractivity contribution is -0.143. The molecule has 33 heavy (non-hydrogen) atoms. The van der Waals surface area contributed by atoms with Gasteiger partial charge < -0.3 is 4.74 Å². The van der Waals surface area contributed by atoms with Crippen LogP contribution in [-0.2, 0) is 16.0 Å². The molecule has 2 aromatic carbocycles. The van der Waals surface area contributed by atoms with Crippen molar-refractivity contribution in [1.29, 1.82) is 0 Å². The highest BCUT2D eigenvalue weighted by Gasteiger charge is 2.33. The lowest BCUT2D eigenvalue weighted by Crippen LogP contribution is -2.24. The summed E-state index contributed by atoms with van der Waals surface area (Å²) in [5.74, 6) is -1.32. The lowest BCUT2D eigenvalue weighted by Gasteiger charge is -2.15.